The van der Waals surface area contributed by atoms with Crippen molar-refractivity contribution in [3.8, 4) is 0 Å². The van der Waals surface area contributed by atoms with Crippen molar-refractivity contribution < 1.29 is 14.3 Å². The van der Waals surface area contributed by atoms with Gasteiger partial charge in [0, 0.05) is 26.3 Å². The zero-order valence-electron chi connectivity index (χ0n) is 10.9. The largest absolute Gasteiger partial charge is 0.382 e. The Morgan fingerprint density at radius 3 is 2.38 bits per heavy atom. The second-order valence-electron chi connectivity index (χ2n) is 4.74. The Labute approximate surface area is 97.9 Å². The lowest BCUT2D eigenvalue weighted by atomic mass is 10.1. The van der Waals surface area contributed by atoms with Crippen LogP contribution in [0.1, 0.15) is 20.8 Å². The van der Waals surface area contributed by atoms with Crippen LogP contribution in [-0.2, 0) is 14.3 Å². The topological polar surface area (TPSA) is 59.6 Å². The number of methoxy groups -OCH3 is 2. The number of carbonyl (C=O) groups excluding carboxylic acids is 1. The molecule has 0 fully saturated rings. The number of hydrogen-bond acceptors (Lipinski definition) is 4. The number of carbonyl (C=O) groups is 1. The molecule has 0 rings (SSSR count). The van der Waals surface area contributed by atoms with Gasteiger partial charge in [0.05, 0.1) is 19.3 Å². The fourth-order valence-corrected chi connectivity index (χ4v) is 1.21. The molecule has 0 saturated heterocycles. The van der Waals surface area contributed by atoms with Gasteiger partial charge in [0.2, 0.25) is 5.91 Å². The van der Waals surface area contributed by atoms with Gasteiger partial charge in [-0.05, 0) is 20.8 Å². The summed E-state index contributed by atoms with van der Waals surface area (Å²) in [5, 5.41) is 5.90. The van der Waals surface area contributed by atoms with Gasteiger partial charge >= 0.3 is 0 Å². The molecule has 0 spiro atoms. The van der Waals surface area contributed by atoms with Crippen molar-refractivity contribution in [3.63, 3.8) is 0 Å². The fraction of sp³-hybridized carbons (Fsp3) is 0.909. The van der Waals surface area contributed by atoms with E-state index in [4.69, 9.17) is 9.47 Å². The van der Waals surface area contributed by atoms with E-state index in [0.29, 0.717) is 19.7 Å². The van der Waals surface area contributed by atoms with E-state index in [-0.39, 0.29) is 17.6 Å². The van der Waals surface area contributed by atoms with Gasteiger partial charge in [-0.1, -0.05) is 0 Å². The first kappa shape index (κ1) is 15.3. The third-order valence-corrected chi connectivity index (χ3v) is 1.86. The molecule has 0 bridgehead atoms. The lowest BCUT2D eigenvalue weighted by Crippen LogP contribution is -2.46. The maximum Gasteiger partial charge on any atom is 0.234 e. The van der Waals surface area contributed by atoms with Crippen LogP contribution in [0.4, 0.5) is 0 Å². The van der Waals surface area contributed by atoms with E-state index >= 15 is 0 Å². The van der Waals surface area contributed by atoms with E-state index in [9.17, 15) is 4.79 Å². The average molecular weight is 232 g/mol. The minimum atomic E-state index is -0.189. The molecule has 1 amide bonds. The van der Waals surface area contributed by atoms with Crippen molar-refractivity contribution in [1.82, 2.24) is 10.6 Å². The van der Waals surface area contributed by atoms with Crippen molar-refractivity contribution in [2.45, 2.75) is 32.4 Å². The Balaban J connectivity index is 3.68. The third-order valence-electron chi connectivity index (χ3n) is 1.86. The predicted molar refractivity (Wildman–Crippen MR) is 63.4 cm³/mol. The van der Waals surface area contributed by atoms with E-state index < -0.39 is 0 Å². The Kier molecular flexibility index (Phi) is 7.29. The van der Waals surface area contributed by atoms with Crippen LogP contribution in [0.25, 0.3) is 0 Å². The van der Waals surface area contributed by atoms with E-state index in [1.807, 2.05) is 20.8 Å². The number of amides is 1. The van der Waals surface area contributed by atoms with Crippen molar-refractivity contribution >= 4 is 5.91 Å². The van der Waals surface area contributed by atoms with E-state index in [0.717, 1.165) is 0 Å². The molecule has 0 aliphatic carbocycles. The molecule has 5 nitrogen and oxygen atoms in total. The highest BCUT2D eigenvalue weighted by atomic mass is 16.5. The second-order valence-corrected chi connectivity index (χ2v) is 4.74. The first-order valence-corrected chi connectivity index (χ1v) is 5.42. The summed E-state index contributed by atoms with van der Waals surface area (Å²) in [7, 11) is 3.25. The molecule has 2 N–H and O–H groups in total. The summed E-state index contributed by atoms with van der Waals surface area (Å²) in [4.78, 5) is 11.4. The fourth-order valence-electron chi connectivity index (χ4n) is 1.21. The monoisotopic (exact) mass is 232 g/mol. The van der Waals surface area contributed by atoms with Crippen LogP contribution in [0, 0.1) is 0 Å². The summed E-state index contributed by atoms with van der Waals surface area (Å²) in [6, 6.07) is 0. The summed E-state index contributed by atoms with van der Waals surface area (Å²) >= 11 is 0. The van der Waals surface area contributed by atoms with Crippen LogP contribution in [0.3, 0.4) is 0 Å². The van der Waals surface area contributed by atoms with E-state index in [1.165, 1.54) is 0 Å². The molecule has 5 heteroatoms. The molecule has 0 heterocycles. The van der Waals surface area contributed by atoms with Gasteiger partial charge in [0.15, 0.2) is 0 Å². The summed E-state index contributed by atoms with van der Waals surface area (Å²) < 4.78 is 10.1. The summed E-state index contributed by atoms with van der Waals surface area (Å²) in [6.07, 6.45) is -0.0209. The molecule has 0 aromatic rings. The maximum absolute atomic E-state index is 11.4. The Morgan fingerprint density at radius 1 is 1.31 bits per heavy atom. The van der Waals surface area contributed by atoms with Gasteiger partial charge in [0.1, 0.15) is 0 Å². The number of rotatable bonds is 7. The molecule has 1 atom stereocenters. The van der Waals surface area contributed by atoms with Gasteiger partial charge in [-0.15, -0.1) is 0 Å². The van der Waals surface area contributed by atoms with Gasteiger partial charge < -0.3 is 20.1 Å². The normalized spacial score (nSPS) is 13.6. The van der Waals surface area contributed by atoms with Crippen LogP contribution >= 0.6 is 0 Å². The van der Waals surface area contributed by atoms with Crippen molar-refractivity contribution in [3.05, 3.63) is 0 Å². The lowest BCUT2D eigenvalue weighted by Gasteiger charge is -2.21. The van der Waals surface area contributed by atoms with Crippen molar-refractivity contribution in [2.75, 3.05) is 33.9 Å². The highest BCUT2D eigenvalue weighted by Crippen LogP contribution is 1.97. The Bertz CT molecular complexity index is 202. The molecule has 96 valence electrons. The predicted octanol–water partition coefficient (Wildman–Crippen LogP) is 0.152. The molecule has 0 aliphatic heterocycles. The maximum atomic E-state index is 11.4. The lowest BCUT2D eigenvalue weighted by molar-refractivity contribution is -0.121. The second kappa shape index (κ2) is 7.60. The molecule has 16 heavy (non-hydrogen) atoms. The molecule has 0 aliphatic rings. The summed E-state index contributed by atoms with van der Waals surface area (Å²) in [6.45, 7) is 7.27. The van der Waals surface area contributed by atoms with Crippen LogP contribution in [0.2, 0.25) is 0 Å². The molecule has 0 radical (unpaired) electrons. The highest BCUT2D eigenvalue weighted by molar-refractivity contribution is 5.78. The average Bonchev–Trinajstić information content (AvgIpc) is 2.13. The molecule has 0 aromatic carbocycles. The quantitative estimate of drug-likeness (QED) is 0.656. The number of ether oxygens (including phenoxy) is 2. The van der Waals surface area contributed by atoms with Gasteiger partial charge in [-0.3, -0.25) is 4.79 Å². The van der Waals surface area contributed by atoms with Gasteiger partial charge in [-0.25, -0.2) is 0 Å². The van der Waals surface area contributed by atoms with Gasteiger partial charge in [-0.2, -0.15) is 0 Å². The number of nitrogens with one attached hydrogen (secondary N) is 2. The summed E-state index contributed by atoms with van der Waals surface area (Å²) in [5.41, 5.74) is -0.189. The smallest absolute Gasteiger partial charge is 0.234 e. The van der Waals surface area contributed by atoms with Crippen molar-refractivity contribution in [2.24, 2.45) is 0 Å². The molecule has 0 saturated carbocycles. The molecule has 1 unspecified atom stereocenters. The highest BCUT2D eigenvalue weighted by Gasteiger charge is 2.13. The minimum absolute atomic E-state index is 0.0141. The first-order chi connectivity index (χ1) is 7.39. The molecule has 0 aromatic heterocycles. The zero-order chi connectivity index (χ0) is 12.6. The third kappa shape index (κ3) is 8.64. The van der Waals surface area contributed by atoms with Gasteiger partial charge in [0.25, 0.3) is 0 Å². The Morgan fingerprint density at radius 2 is 1.94 bits per heavy atom. The minimum Gasteiger partial charge on any atom is -0.382 e. The van der Waals surface area contributed by atoms with Crippen LogP contribution in [-0.4, -0.2) is 51.5 Å². The zero-order valence-corrected chi connectivity index (χ0v) is 10.9. The first-order valence-electron chi connectivity index (χ1n) is 5.42. The van der Waals surface area contributed by atoms with Crippen LogP contribution in [0.5, 0.6) is 0 Å². The molecular weight excluding hydrogens is 208 g/mol. The summed E-state index contributed by atoms with van der Waals surface area (Å²) in [5.74, 6) is -0.0141. The van der Waals surface area contributed by atoms with Crippen molar-refractivity contribution in [1.29, 1.82) is 0 Å². The van der Waals surface area contributed by atoms with Crippen LogP contribution in [0.15, 0.2) is 0 Å². The van der Waals surface area contributed by atoms with Crippen LogP contribution < -0.4 is 10.6 Å². The van der Waals surface area contributed by atoms with E-state index in [1.54, 1.807) is 14.2 Å². The molecular formula is C11H24N2O3. The standard InChI is InChI=1S/C11H24N2O3/c1-11(2,3)13-10(14)7-12-6-9(16-5)8-15-4/h9,12H,6-8H2,1-5H3,(H,13,14). The van der Waals surface area contributed by atoms with E-state index in [2.05, 4.69) is 10.6 Å². The SMILES string of the molecule is COCC(CNCC(=O)NC(C)(C)C)OC. The number of hydrogen-bond donors (Lipinski definition) is 2. The Hall–Kier alpha value is -0.650.